The lowest BCUT2D eigenvalue weighted by atomic mass is 10.1. The van der Waals surface area contributed by atoms with Crippen molar-refractivity contribution in [3.63, 3.8) is 0 Å². The fourth-order valence-electron chi connectivity index (χ4n) is 3.40. The van der Waals surface area contributed by atoms with E-state index in [1.807, 2.05) is 0 Å². The second kappa shape index (κ2) is 21.2. The molecule has 0 bridgehead atoms. The van der Waals surface area contributed by atoms with Crippen LogP contribution < -0.4 is 0 Å². The summed E-state index contributed by atoms with van der Waals surface area (Å²) in [7, 11) is -0.994. The maximum Gasteiger partial charge on any atom is 0.206 e. The molecular weight excluding hydrogens is 308 g/mol. The SMILES string of the molecule is CCCCCCCCCCCCCC[Si](O)CCCCCCCC. The third-order valence-electron chi connectivity index (χ3n) is 5.14. The zero-order chi connectivity index (χ0) is 17.7. The molecule has 0 aromatic carbocycles. The molecule has 1 radical (unpaired) electrons. The molecular formula is C22H47OSi. The van der Waals surface area contributed by atoms with Gasteiger partial charge in [-0.25, -0.2) is 0 Å². The summed E-state index contributed by atoms with van der Waals surface area (Å²) < 4.78 is 0. The molecule has 0 aromatic heterocycles. The smallest absolute Gasteiger partial charge is 0.206 e. The Kier molecular flexibility index (Phi) is 21.4. The predicted molar refractivity (Wildman–Crippen MR) is 112 cm³/mol. The normalized spacial score (nSPS) is 11.5. The highest BCUT2D eigenvalue weighted by molar-refractivity contribution is 6.50. The van der Waals surface area contributed by atoms with Gasteiger partial charge in [0.25, 0.3) is 0 Å². The molecule has 0 unspecified atom stereocenters. The van der Waals surface area contributed by atoms with Gasteiger partial charge in [0.15, 0.2) is 0 Å². The van der Waals surface area contributed by atoms with Crippen molar-refractivity contribution in [3.8, 4) is 0 Å². The molecule has 0 saturated heterocycles. The summed E-state index contributed by atoms with van der Waals surface area (Å²) in [5.41, 5.74) is 0. The van der Waals surface area contributed by atoms with E-state index < -0.39 is 9.04 Å². The molecule has 0 aromatic rings. The summed E-state index contributed by atoms with van der Waals surface area (Å²) in [6.45, 7) is 4.55. The molecule has 0 heterocycles. The van der Waals surface area contributed by atoms with Crippen molar-refractivity contribution in [1.82, 2.24) is 0 Å². The van der Waals surface area contributed by atoms with Gasteiger partial charge in [-0.05, 0) is 12.1 Å². The summed E-state index contributed by atoms with van der Waals surface area (Å²) in [5.74, 6) is 0. The summed E-state index contributed by atoms with van der Waals surface area (Å²) in [6, 6.07) is 2.27. The molecule has 0 aliphatic heterocycles. The highest BCUT2D eigenvalue weighted by Crippen LogP contribution is 2.15. The van der Waals surface area contributed by atoms with E-state index in [-0.39, 0.29) is 0 Å². The zero-order valence-corrected chi connectivity index (χ0v) is 18.1. The topological polar surface area (TPSA) is 20.2 Å². The summed E-state index contributed by atoms with van der Waals surface area (Å²) in [5, 5.41) is 0. The van der Waals surface area contributed by atoms with Crippen molar-refractivity contribution in [2.24, 2.45) is 0 Å². The van der Waals surface area contributed by atoms with Gasteiger partial charge in [-0.1, -0.05) is 129 Å². The quantitative estimate of drug-likeness (QED) is 0.173. The van der Waals surface area contributed by atoms with Crippen LogP contribution in [0.25, 0.3) is 0 Å². The summed E-state index contributed by atoms with van der Waals surface area (Å²) in [4.78, 5) is 10.1. The van der Waals surface area contributed by atoms with Gasteiger partial charge in [0, 0.05) is 0 Å². The molecule has 0 aliphatic rings. The van der Waals surface area contributed by atoms with Crippen LogP contribution in [0.2, 0.25) is 12.1 Å². The van der Waals surface area contributed by atoms with Crippen molar-refractivity contribution in [2.75, 3.05) is 0 Å². The van der Waals surface area contributed by atoms with Crippen LogP contribution in [0, 0.1) is 0 Å². The Morgan fingerprint density at radius 3 is 0.958 bits per heavy atom. The Labute approximate surface area is 155 Å². The Hall–Kier alpha value is 0.177. The molecule has 0 rings (SSSR count). The molecule has 0 atom stereocenters. The fraction of sp³-hybridized carbons (Fsp3) is 1.00. The minimum Gasteiger partial charge on any atom is -0.431 e. The standard InChI is InChI=1S/C22H47OSi/c1-3-5-7-9-11-12-13-14-15-16-18-20-22-24(23)21-19-17-10-8-6-4-2/h23H,3-22H2,1-2H3. The first-order valence-electron chi connectivity index (χ1n) is 11.3. The first-order chi connectivity index (χ1) is 11.8. The number of unbranched alkanes of at least 4 members (excludes halogenated alkanes) is 16. The summed E-state index contributed by atoms with van der Waals surface area (Å²) >= 11 is 0. The van der Waals surface area contributed by atoms with E-state index in [1.54, 1.807) is 0 Å². The van der Waals surface area contributed by atoms with E-state index in [9.17, 15) is 4.80 Å². The molecule has 0 fully saturated rings. The minimum atomic E-state index is -0.994. The highest BCUT2D eigenvalue weighted by atomic mass is 28.3. The second-order valence-electron chi connectivity index (χ2n) is 7.72. The molecule has 0 spiro atoms. The van der Waals surface area contributed by atoms with Gasteiger partial charge in [-0.3, -0.25) is 0 Å². The van der Waals surface area contributed by atoms with E-state index in [0.29, 0.717) is 0 Å². The lowest BCUT2D eigenvalue weighted by Gasteiger charge is -2.07. The Morgan fingerprint density at radius 2 is 0.667 bits per heavy atom. The van der Waals surface area contributed by atoms with Crippen molar-refractivity contribution >= 4 is 9.04 Å². The second-order valence-corrected chi connectivity index (χ2v) is 9.86. The van der Waals surface area contributed by atoms with Crippen LogP contribution >= 0.6 is 0 Å². The number of hydrogen-bond acceptors (Lipinski definition) is 1. The van der Waals surface area contributed by atoms with Crippen molar-refractivity contribution in [3.05, 3.63) is 0 Å². The first-order valence-corrected chi connectivity index (χ1v) is 13.2. The van der Waals surface area contributed by atoms with Crippen LogP contribution in [0.1, 0.15) is 129 Å². The van der Waals surface area contributed by atoms with Gasteiger partial charge < -0.3 is 4.80 Å². The first kappa shape index (κ1) is 24.2. The molecule has 24 heavy (non-hydrogen) atoms. The van der Waals surface area contributed by atoms with Crippen LogP contribution in [-0.4, -0.2) is 13.8 Å². The van der Waals surface area contributed by atoms with E-state index in [1.165, 1.54) is 116 Å². The van der Waals surface area contributed by atoms with Crippen molar-refractivity contribution in [1.29, 1.82) is 0 Å². The monoisotopic (exact) mass is 355 g/mol. The average molecular weight is 356 g/mol. The lowest BCUT2D eigenvalue weighted by Crippen LogP contribution is -2.10. The molecule has 0 amide bonds. The predicted octanol–water partition coefficient (Wildman–Crippen LogP) is 8.03. The van der Waals surface area contributed by atoms with Gasteiger partial charge in [0.2, 0.25) is 9.04 Å². The van der Waals surface area contributed by atoms with Gasteiger partial charge in [0.1, 0.15) is 0 Å². The maximum absolute atomic E-state index is 10.1. The Bertz CT molecular complexity index is 220. The Balaban J connectivity index is 3.10. The molecule has 0 saturated carbocycles. The van der Waals surface area contributed by atoms with Crippen LogP contribution in [0.15, 0.2) is 0 Å². The van der Waals surface area contributed by atoms with Gasteiger partial charge >= 0.3 is 0 Å². The molecule has 1 N–H and O–H groups in total. The lowest BCUT2D eigenvalue weighted by molar-refractivity contribution is 0.532. The third-order valence-corrected chi connectivity index (χ3v) is 7.00. The van der Waals surface area contributed by atoms with E-state index in [4.69, 9.17) is 0 Å². The van der Waals surface area contributed by atoms with E-state index in [2.05, 4.69) is 13.8 Å². The number of rotatable bonds is 20. The van der Waals surface area contributed by atoms with E-state index >= 15 is 0 Å². The maximum atomic E-state index is 10.1. The molecule has 1 nitrogen and oxygen atoms in total. The van der Waals surface area contributed by atoms with Crippen molar-refractivity contribution in [2.45, 2.75) is 142 Å². The third kappa shape index (κ3) is 20.2. The molecule has 145 valence electrons. The van der Waals surface area contributed by atoms with Crippen LogP contribution in [0.3, 0.4) is 0 Å². The average Bonchev–Trinajstić information content (AvgIpc) is 2.59. The van der Waals surface area contributed by atoms with Crippen molar-refractivity contribution < 1.29 is 4.80 Å². The van der Waals surface area contributed by atoms with Crippen LogP contribution in [0.4, 0.5) is 0 Å². The summed E-state index contributed by atoms with van der Waals surface area (Å²) in [6.07, 6.45) is 25.0. The minimum absolute atomic E-state index is 0.994. The van der Waals surface area contributed by atoms with Gasteiger partial charge in [0.05, 0.1) is 0 Å². The van der Waals surface area contributed by atoms with E-state index in [0.717, 1.165) is 12.1 Å². The zero-order valence-electron chi connectivity index (χ0n) is 17.1. The molecule has 2 heteroatoms. The van der Waals surface area contributed by atoms with Gasteiger partial charge in [-0.2, -0.15) is 0 Å². The fourth-order valence-corrected chi connectivity index (χ4v) is 4.97. The largest absolute Gasteiger partial charge is 0.431 e. The van der Waals surface area contributed by atoms with Crippen LogP contribution in [0.5, 0.6) is 0 Å². The molecule has 0 aliphatic carbocycles. The van der Waals surface area contributed by atoms with Crippen LogP contribution in [-0.2, 0) is 0 Å². The Morgan fingerprint density at radius 1 is 0.417 bits per heavy atom. The number of hydrogen-bond donors (Lipinski definition) is 1. The highest BCUT2D eigenvalue weighted by Gasteiger charge is 2.07. The van der Waals surface area contributed by atoms with Gasteiger partial charge in [-0.15, -0.1) is 0 Å².